The Morgan fingerprint density at radius 1 is 1.33 bits per heavy atom. The fraction of sp³-hybridized carbons (Fsp3) is 0.714. The molecule has 1 fully saturated rings. The molecule has 3 unspecified atom stereocenters. The van der Waals surface area contributed by atoms with E-state index in [-0.39, 0.29) is 0 Å². The van der Waals surface area contributed by atoms with Crippen LogP contribution >= 0.6 is 34.9 Å². The summed E-state index contributed by atoms with van der Waals surface area (Å²) >= 11 is 6.25. The Morgan fingerprint density at radius 2 is 2.17 bits per heavy atom. The van der Waals surface area contributed by atoms with E-state index >= 15 is 0 Å². The second kappa shape index (κ2) is 7.83. The minimum Gasteiger partial charge on any atom is -0.308 e. The Bertz CT molecular complexity index is 326. The molecule has 4 heteroatoms. The minimum atomic E-state index is 0.549. The lowest BCUT2D eigenvalue weighted by Gasteiger charge is -2.36. The number of rotatable bonds is 6. The van der Waals surface area contributed by atoms with Crippen molar-refractivity contribution in [3.8, 4) is 0 Å². The summed E-state index contributed by atoms with van der Waals surface area (Å²) in [5.74, 6) is 2.63. The van der Waals surface area contributed by atoms with Crippen LogP contribution in [0.3, 0.4) is 0 Å². The van der Waals surface area contributed by atoms with E-state index in [1.165, 1.54) is 29.2 Å². The molecule has 0 amide bonds. The summed E-state index contributed by atoms with van der Waals surface area (Å²) in [6.45, 7) is 5.71. The van der Waals surface area contributed by atoms with E-state index in [4.69, 9.17) is 0 Å². The second-order valence-corrected chi connectivity index (χ2v) is 8.21. The molecule has 0 aromatic carbocycles. The first-order valence-electron chi connectivity index (χ1n) is 6.86. The molecule has 18 heavy (non-hydrogen) atoms. The largest absolute Gasteiger partial charge is 0.308 e. The van der Waals surface area contributed by atoms with Crippen LogP contribution in [0, 0.1) is 0 Å². The van der Waals surface area contributed by atoms with Crippen LogP contribution in [-0.4, -0.2) is 28.6 Å². The fourth-order valence-corrected chi connectivity index (χ4v) is 6.57. The van der Waals surface area contributed by atoms with E-state index in [1.54, 1.807) is 0 Å². The lowest BCUT2D eigenvalue weighted by Crippen LogP contribution is -2.38. The topological polar surface area (TPSA) is 12.0 Å². The van der Waals surface area contributed by atoms with Crippen LogP contribution in [-0.2, 0) is 0 Å². The van der Waals surface area contributed by atoms with Crippen LogP contribution in [0.4, 0.5) is 0 Å². The van der Waals surface area contributed by atoms with Gasteiger partial charge in [0.2, 0.25) is 0 Å². The molecule has 2 heterocycles. The van der Waals surface area contributed by atoms with Crippen molar-refractivity contribution in [2.24, 2.45) is 0 Å². The highest BCUT2D eigenvalue weighted by Crippen LogP contribution is 2.41. The van der Waals surface area contributed by atoms with Gasteiger partial charge in [-0.25, -0.2) is 0 Å². The van der Waals surface area contributed by atoms with Crippen LogP contribution in [0.2, 0.25) is 0 Å². The molecule has 1 aromatic heterocycles. The van der Waals surface area contributed by atoms with Gasteiger partial charge in [0.05, 0.1) is 6.04 Å². The van der Waals surface area contributed by atoms with Gasteiger partial charge in [0.1, 0.15) is 0 Å². The highest BCUT2D eigenvalue weighted by molar-refractivity contribution is 8.07. The van der Waals surface area contributed by atoms with Crippen LogP contribution in [0.15, 0.2) is 17.5 Å². The van der Waals surface area contributed by atoms with Crippen molar-refractivity contribution < 1.29 is 0 Å². The molecule has 1 aliphatic rings. The Labute approximate surface area is 124 Å². The maximum Gasteiger partial charge on any atom is 0.0546 e. The first-order chi connectivity index (χ1) is 8.86. The summed E-state index contributed by atoms with van der Waals surface area (Å²) in [5.41, 5.74) is 0. The second-order valence-electron chi connectivity index (χ2n) is 4.60. The summed E-state index contributed by atoms with van der Waals surface area (Å²) in [6.07, 6.45) is 2.50. The lowest BCUT2D eigenvalue weighted by atomic mass is 10.1. The third-order valence-electron chi connectivity index (χ3n) is 3.29. The summed E-state index contributed by atoms with van der Waals surface area (Å²) in [6, 6.07) is 5.03. The number of thioether (sulfide) groups is 2. The zero-order valence-corrected chi connectivity index (χ0v) is 13.7. The maximum absolute atomic E-state index is 3.78. The van der Waals surface area contributed by atoms with Gasteiger partial charge in [-0.2, -0.15) is 23.5 Å². The Balaban J connectivity index is 2.11. The summed E-state index contributed by atoms with van der Waals surface area (Å²) < 4.78 is 0. The van der Waals surface area contributed by atoms with Crippen LogP contribution in [0.5, 0.6) is 0 Å². The fourth-order valence-electron chi connectivity index (χ4n) is 2.39. The van der Waals surface area contributed by atoms with Gasteiger partial charge in [0.15, 0.2) is 0 Å². The van der Waals surface area contributed by atoms with E-state index in [2.05, 4.69) is 60.2 Å². The van der Waals surface area contributed by atoms with Crippen molar-refractivity contribution in [1.82, 2.24) is 5.32 Å². The quantitative estimate of drug-likeness (QED) is 0.835. The third kappa shape index (κ3) is 3.69. The van der Waals surface area contributed by atoms with Gasteiger partial charge >= 0.3 is 0 Å². The van der Waals surface area contributed by atoms with Gasteiger partial charge in [-0.15, -0.1) is 11.3 Å². The van der Waals surface area contributed by atoms with Crippen molar-refractivity contribution in [2.45, 2.75) is 43.2 Å². The highest BCUT2D eigenvalue weighted by atomic mass is 32.2. The van der Waals surface area contributed by atoms with Crippen LogP contribution in [0.25, 0.3) is 0 Å². The summed E-state index contributed by atoms with van der Waals surface area (Å²) in [5, 5.41) is 7.53. The number of nitrogens with one attached hydrogen (secondary N) is 1. The van der Waals surface area contributed by atoms with Gasteiger partial charge < -0.3 is 5.32 Å². The standard InChI is InChI=1S/C14H23NS3/c1-3-7-15-13(12-6-5-8-16-12)14-11(4-2)17-9-10-18-14/h5-6,8,11,13-15H,3-4,7,9-10H2,1-2H3. The van der Waals surface area contributed by atoms with Crippen LogP contribution in [0.1, 0.15) is 37.6 Å². The molecule has 0 radical (unpaired) electrons. The van der Waals surface area contributed by atoms with Crippen molar-refractivity contribution in [3.05, 3.63) is 22.4 Å². The number of thiophene rings is 1. The van der Waals surface area contributed by atoms with Gasteiger partial charge in [0.25, 0.3) is 0 Å². The first kappa shape index (κ1) is 14.8. The SMILES string of the molecule is CCCNC(c1cccs1)C1SCCSC1CC. The average molecular weight is 302 g/mol. The van der Waals surface area contributed by atoms with Crippen molar-refractivity contribution >= 4 is 34.9 Å². The molecule has 1 saturated heterocycles. The predicted molar refractivity (Wildman–Crippen MR) is 88.1 cm³/mol. The first-order valence-corrected chi connectivity index (χ1v) is 9.84. The van der Waals surface area contributed by atoms with E-state index in [1.807, 2.05) is 11.3 Å². The maximum atomic E-state index is 3.78. The number of hydrogen-bond acceptors (Lipinski definition) is 4. The molecule has 1 nitrogen and oxygen atoms in total. The Hall–Kier alpha value is 0.360. The van der Waals surface area contributed by atoms with E-state index in [0.717, 1.165) is 17.0 Å². The lowest BCUT2D eigenvalue weighted by molar-refractivity contribution is 0.504. The zero-order valence-electron chi connectivity index (χ0n) is 11.2. The van der Waals surface area contributed by atoms with Gasteiger partial charge in [-0.3, -0.25) is 0 Å². The van der Waals surface area contributed by atoms with Crippen LogP contribution < -0.4 is 5.32 Å². The summed E-state index contributed by atoms with van der Waals surface area (Å²) in [7, 11) is 0. The smallest absolute Gasteiger partial charge is 0.0546 e. The monoisotopic (exact) mass is 301 g/mol. The van der Waals surface area contributed by atoms with E-state index < -0.39 is 0 Å². The van der Waals surface area contributed by atoms with Crippen molar-refractivity contribution in [3.63, 3.8) is 0 Å². The molecule has 1 N–H and O–H groups in total. The zero-order chi connectivity index (χ0) is 12.8. The average Bonchev–Trinajstić information content (AvgIpc) is 2.94. The van der Waals surface area contributed by atoms with Crippen molar-refractivity contribution in [2.75, 3.05) is 18.1 Å². The van der Waals surface area contributed by atoms with Gasteiger partial charge in [-0.1, -0.05) is 19.9 Å². The van der Waals surface area contributed by atoms with Crippen molar-refractivity contribution in [1.29, 1.82) is 0 Å². The molecular formula is C14H23NS3. The predicted octanol–water partition coefficient (Wildman–Crippen LogP) is 4.42. The van der Waals surface area contributed by atoms with E-state index in [9.17, 15) is 0 Å². The Morgan fingerprint density at radius 3 is 2.83 bits per heavy atom. The van der Waals surface area contributed by atoms with Gasteiger partial charge in [-0.05, 0) is 30.8 Å². The molecule has 0 aliphatic carbocycles. The molecular weight excluding hydrogens is 278 g/mol. The Kier molecular flexibility index (Phi) is 6.42. The highest BCUT2D eigenvalue weighted by Gasteiger charge is 2.33. The summed E-state index contributed by atoms with van der Waals surface area (Å²) in [4.78, 5) is 1.52. The van der Waals surface area contributed by atoms with E-state index in [0.29, 0.717) is 6.04 Å². The molecule has 102 valence electrons. The molecule has 2 rings (SSSR count). The molecule has 0 saturated carbocycles. The third-order valence-corrected chi connectivity index (χ3v) is 7.59. The molecule has 0 spiro atoms. The van der Waals surface area contributed by atoms with Gasteiger partial charge in [0, 0.05) is 26.9 Å². The molecule has 1 aromatic rings. The molecule has 1 aliphatic heterocycles. The minimum absolute atomic E-state index is 0.549. The normalized spacial score (nSPS) is 26.1. The molecule has 0 bridgehead atoms. The molecule has 3 atom stereocenters. The number of hydrogen-bond donors (Lipinski definition) is 1.